The molecule has 0 aromatic heterocycles. The number of aromatic hydroxyl groups is 3. The lowest BCUT2D eigenvalue weighted by Gasteiger charge is -2.39. The van der Waals surface area contributed by atoms with E-state index in [4.69, 9.17) is 23.7 Å². The molecule has 2 aromatic rings. The summed E-state index contributed by atoms with van der Waals surface area (Å²) in [5, 5.41) is 98.3. The number of carbonyl (C=O) groups is 3. The van der Waals surface area contributed by atoms with Crippen molar-refractivity contribution >= 4 is 30.1 Å². The summed E-state index contributed by atoms with van der Waals surface area (Å²) in [7, 11) is 0. The highest BCUT2D eigenvalue weighted by molar-refractivity contribution is 5.89. The van der Waals surface area contributed by atoms with Crippen molar-refractivity contribution in [1.29, 1.82) is 0 Å². The Labute approximate surface area is 282 Å². The zero-order valence-corrected chi connectivity index (χ0v) is 25.7. The molecular weight excluding hydrogens is 672 g/mol. The largest absolute Gasteiger partial charge is 0.504 e. The molecule has 0 amide bonds. The fourth-order valence-electron chi connectivity index (χ4n) is 4.79. The molecule has 0 saturated carbocycles. The van der Waals surface area contributed by atoms with Gasteiger partial charge in [0.25, 0.3) is 0 Å². The fourth-order valence-corrected chi connectivity index (χ4v) is 4.79. The molecule has 0 unspecified atom stereocenters. The highest BCUT2D eigenvalue weighted by Crippen LogP contribution is 2.32. The van der Waals surface area contributed by atoms with Crippen LogP contribution in [0, 0.1) is 0 Å². The van der Waals surface area contributed by atoms with Gasteiger partial charge in [-0.25, -0.2) is 14.4 Å². The summed E-state index contributed by atoms with van der Waals surface area (Å²) in [4.78, 5) is 37.3. The number of ether oxygens (including phenoxy) is 5. The number of rotatable bonds is 12. The zero-order chi connectivity index (χ0) is 36.7. The van der Waals surface area contributed by atoms with E-state index < -0.39 is 109 Å². The van der Waals surface area contributed by atoms with Crippen molar-refractivity contribution in [3.05, 3.63) is 71.5 Å². The molecule has 18 nitrogen and oxygen atoms in total. The molecule has 2 aliphatic heterocycles. The van der Waals surface area contributed by atoms with Crippen LogP contribution >= 0.6 is 0 Å². The molecule has 0 radical (unpaired) electrons. The molecule has 18 heteroatoms. The van der Waals surface area contributed by atoms with Crippen molar-refractivity contribution < 1.29 is 89.1 Å². The first-order chi connectivity index (χ1) is 23.7. The standard InChI is InChI=1S/C32H34O18/c33-12-19(38)29-30(50-25(40)8-4-14-1-5-16(35)17(36)9-14)21(11-22(47-29)31(44)45)46-24(39)7-3-15-2-6-20(18(37)10-15)48-32-28(43)27(42)26(41)23(13-34)49-32/h1-11,19,21,23,26-30,32-38,41-43H,12-13H2,(H,44,45)/b7-3+,8-4+/t19-,21+,23+,26+,27-,28+,29+,30+,32+/m0/s1. The first-order valence-corrected chi connectivity index (χ1v) is 14.7. The van der Waals surface area contributed by atoms with Crippen LogP contribution < -0.4 is 4.74 Å². The van der Waals surface area contributed by atoms with Crippen LogP contribution in [0.2, 0.25) is 0 Å². The van der Waals surface area contributed by atoms with Gasteiger partial charge in [-0.3, -0.25) is 0 Å². The molecule has 2 aliphatic rings. The monoisotopic (exact) mass is 706 g/mol. The number of phenols is 3. The van der Waals surface area contributed by atoms with Gasteiger partial charge in [-0.15, -0.1) is 0 Å². The summed E-state index contributed by atoms with van der Waals surface area (Å²) in [6.45, 7) is -1.66. The second-order valence-corrected chi connectivity index (χ2v) is 10.9. The molecule has 9 atom stereocenters. The summed E-state index contributed by atoms with van der Waals surface area (Å²) in [5.74, 6) is -6.25. The van der Waals surface area contributed by atoms with Crippen molar-refractivity contribution in [2.24, 2.45) is 0 Å². The highest BCUT2D eigenvalue weighted by atomic mass is 16.7. The first kappa shape index (κ1) is 37.6. The van der Waals surface area contributed by atoms with Crippen molar-refractivity contribution in [1.82, 2.24) is 0 Å². The second-order valence-electron chi connectivity index (χ2n) is 10.9. The van der Waals surface area contributed by atoms with Crippen LogP contribution in [-0.2, 0) is 33.3 Å². The lowest BCUT2D eigenvalue weighted by Crippen LogP contribution is -2.60. The predicted molar refractivity (Wildman–Crippen MR) is 164 cm³/mol. The number of hydrogen-bond donors (Lipinski definition) is 10. The fraction of sp³-hybridized carbons (Fsp3) is 0.344. The Bertz CT molecular complexity index is 1630. The molecule has 270 valence electrons. The average Bonchev–Trinajstić information content (AvgIpc) is 3.09. The van der Waals surface area contributed by atoms with E-state index in [1.807, 2.05) is 0 Å². The Balaban J connectivity index is 1.49. The van der Waals surface area contributed by atoms with Crippen LogP contribution in [0.4, 0.5) is 0 Å². The van der Waals surface area contributed by atoms with Crippen LogP contribution in [0.25, 0.3) is 12.2 Å². The Morgan fingerprint density at radius 1 is 0.820 bits per heavy atom. The number of carboxylic acids is 1. The van der Waals surface area contributed by atoms with E-state index in [-0.39, 0.29) is 16.9 Å². The lowest BCUT2D eigenvalue weighted by molar-refractivity contribution is -0.277. The Morgan fingerprint density at radius 3 is 2.02 bits per heavy atom. The van der Waals surface area contributed by atoms with E-state index >= 15 is 0 Å². The number of esters is 2. The zero-order valence-electron chi connectivity index (χ0n) is 25.7. The molecule has 10 N–H and O–H groups in total. The van der Waals surface area contributed by atoms with Crippen LogP contribution in [0.3, 0.4) is 0 Å². The lowest BCUT2D eigenvalue weighted by atomic mass is 9.99. The van der Waals surface area contributed by atoms with Gasteiger partial charge < -0.3 is 74.7 Å². The van der Waals surface area contributed by atoms with E-state index in [2.05, 4.69) is 0 Å². The van der Waals surface area contributed by atoms with Crippen molar-refractivity contribution in [3.63, 3.8) is 0 Å². The normalized spacial score (nSPS) is 27.3. The average molecular weight is 707 g/mol. The second kappa shape index (κ2) is 16.5. The number of aliphatic hydroxyl groups excluding tert-OH is 6. The van der Waals surface area contributed by atoms with Crippen LogP contribution in [0.5, 0.6) is 23.0 Å². The van der Waals surface area contributed by atoms with E-state index in [1.54, 1.807) is 0 Å². The summed E-state index contributed by atoms with van der Waals surface area (Å²) < 4.78 is 26.6. The molecule has 0 spiro atoms. The third-order valence-electron chi connectivity index (χ3n) is 7.41. The quantitative estimate of drug-likeness (QED) is 0.0665. The maximum atomic E-state index is 12.8. The first-order valence-electron chi connectivity index (χ1n) is 14.7. The predicted octanol–water partition coefficient (Wildman–Crippen LogP) is -1.75. The van der Waals surface area contributed by atoms with E-state index in [0.717, 1.165) is 42.5 Å². The SMILES string of the molecule is O=C(/C=C/c1ccc(O)c(O)c1)O[C@H]1[C@@H]([C@@H](O)CO)OC(C(=O)O)=C[C@H]1OC(=O)/C=C/c1ccc(O[C@@H]2O[C@H](CO)[C@@H](O)[C@H](O)[C@H]2O)c(O)c1. The maximum Gasteiger partial charge on any atom is 0.370 e. The molecule has 0 aliphatic carbocycles. The number of aliphatic hydroxyl groups is 6. The van der Waals surface area contributed by atoms with Crippen LogP contribution in [0.15, 0.2) is 60.4 Å². The van der Waals surface area contributed by atoms with Gasteiger partial charge in [0.1, 0.15) is 30.5 Å². The molecule has 0 bridgehead atoms. The minimum atomic E-state index is -1.81. The Hall–Kier alpha value is -5.21. The minimum Gasteiger partial charge on any atom is -0.504 e. The van der Waals surface area contributed by atoms with Gasteiger partial charge in [0, 0.05) is 18.2 Å². The van der Waals surface area contributed by atoms with Gasteiger partial charge in [-0.05, 0) is 47.5 Å². The third-order valence-corrected chi connectivity index (χ3v) is 7.41. The van der Waals surface area contributed by atoms with Gasteiger partial charge in [-0.2, -0.15) is 0 Å². The smallest absolute Gasteiger partial charge is 0.370 e. The van der Waals surface area contributed by atoms with E-state index in [9.17, 15) is 65.4 Å². The number of aliphatic carboxylic acids is 1. The summed E-state index contributed by atoms with van der Waals surface area (Å²) in [5.41, 5.74) is 0.459. The van der Waals surface area contributed by atoms with Crippen molar-refractivity contribution in [2.75, 3.05) is 13.2 Å². The molecule has 50 heavy (non-hydrogen) atoms. The molecule has 1 fully saturated rings. The number of hydrogen-bond acceptors (Lipinski definition) is 17. The Kier molecular flexibility index (Phi) is 12.4. The number of carboxylic acid groups (broad SMARTS) is 1. The number of carbonyl (C=O) groups excluding carboxylic acids is 2. The summed E-state index contributed by atoms with van der Waals surface area (Å²) in [6.07, 6.45) is -9.89. The molecule has 2 aromatic carbocycles. The highest BCUT2D eigenvalue weighted by Gasteiger charge is 2.46. The molecule has 4 rings (SSSR count). The van der Waals surface area contributed by atoms with Crippen molar-refractivity contribution in [3.8, 4) is 23.0 Å². The van der Waals surface area contributed by atoms with Gasteiger partial charge in [0.05, 0.1) is 13.2 Å². The summed E-state index contributed by atoms with van der Waals surface area (Å²) in [6, 6.07) is 7.35. The number of benzene rings is 2. The van der Waals surface area contributed by atoms with Crippen molar-refractivity contribution in [2.45, 2.75) is 55.1 Å². The molecule has 2 heterocycles. The summed E-state index contributed by atoms with van der Waals surface area (Å²) >= 11 is 0. The third kappa shape index (κ3) is 9.07. The molecular formula is C32H34O18. The van der Waals surface area contributed by atoms with Gasteiger partial charge in [0.15, 0.2) is 41.3 Å². The van der Waals surface area contributed by atoms with Gasteiger partial charge >= 0.3 is 17.9 Å². The molecule has 1 saturated heterocycles. The van der Waals surface area contributed by atoms with Crippen LogP contribution in [0.1, 0.15) is 11.1 Å². The Morgan fingerprint density at radius 2 is 1.44 bits per heavy atom. The van der Waals surface area contributed by atoms with E-state index in [1.165, 1.54) is 24.3 Å². The van der Waals surface area contributed by atoms with Crippen LogP contribution in [-0.4, -0.2) is 137 Å². The van der Waals surface area contributed by atoms with E-state index in [0.29, 0.717) is 0 Å². The number of phenolic OH excluding ortho intramolecular Hbond substituents is 3. The van der Waals surface area contributed by atoms with Gasteiger partial charge in [-0.1, -0.05) is 12.1 Å². The minimum absolute atomic E-state index is 0.191. The topological polar surface area (TPSA) is 300 Å². The maximum absolute atomic E-state index is 12.8. The van der Waals surface area contributed by atoms with Gasteiger partial charge in [0.2, 0.25) is 12.0 Å².